The van der Waals surface area contributed by atoms with Crippen LogP contribution in [0.1, 0.15) is 60.5 Å². The van der Waals surface area contributed by atoms with Crippen molar-refractivity contribution in [3.05, 3.63) is 124 Å². The lowest BCUT2D eigenvalue weighted by atomic mass is 9.85. The number of pyridine rings is 1. The fraction of sp³-hybridized carbons (Fsp3) is 0.216. The van der Waals surface area contributed by atoms with Crippen molar-refractivity contribution in [3.63, 3.8) is 0 Å². The highest BCUT2D eigenvalue weighted by Crippen LogP contribution is 2.45. The summed E-state index contributed by atoms with van der Waals surface area (Å²) in [5.74, 6) is -1.21. The van der Waals surface area contributed by atoms with Gasteiger partial charge in [0.15, 0.2) is 10.1 Å². The van der Waals surface area contributed by atoms with E-state index in [-0.39, 0.29) is 22.4 Å². The number of benzene rings is 3. The molecule has 10 heteroatoms. The molecule has 47 heavy (non-hydrogen) atoms. The first-order valence-corrected chi connectivity index (χ1v) is 17.1. The van der Waals surface area contributed by atoms with Crippen LogP contribution in [0.2, 0.25) is 0 Å². The number of anilines is 1. The standard InChI is InChI=1S/C37H33N5O3S2/c1-21-10-9-19-41-22(2)29(38-33(21)41)31(43)28-30(24-15-17-26(18-16-24)37(3,4)5)42(34(45)32(28)44)35-39-40-36(47-35)46-20-25-13-8-12-23-11-6-7-14-27(23)25/h6-19,30,43H,20H2,1-5H3/b31-28+. The number of thioether (sulfide) groups is 1. The third-order valence-corrected chi connectivity index (χ3v) is 10.8. The van der Waals surface area contributed by atoms with Crippen LogP contribution in [0.5, 0.6) is 0 Å². The molecule has 1 aliphatic rings. The van der Waals surface area contributed by atoms with E-state index in [1.54, 1.807) is 0 Å². The fourth-order valence-corrected chi connectivity index (χ4v) is 7.97. The molecule has 1 fully saturated rings. The maximum absolute atomic E-state index is 13.9. The summed E-state index contributed by atoms with van der Waals surface area (Å²) in [4.78, 5) is 33.8. The van der Waals surface area contributed by atoms with Gasteiger partial charge < -0.3 is 9.51 Å². The number of hydrogen-bond donors (Lipinski definition) is 1. The molecule has 0 spiro atoms. The van der Waals surface area contributed by atoms with E-state index in [0.717, 1.165) is 11.1 Å². The highest BCUT2D eigenvalue weighted by atomic mass is 32.2. The van der Waals surface area contributed by atoms with Crippen LogP contribution < -0.4 is 4.90 Å². The highest BCUT2D eigenvalue weighted by Gasteiger charge is 2.49. The molecule has 6 aromatic rings. The van der Waals surface area contributed by atoms with E-state index in [9.17, 15) is 14.7 Å². The molecule has 0 saturated carbocycles. The monoisotopic (exact) mass is 659 g/mol. The molecule has 4 heterocycles. The Labute approximate surface area is 280 Å². The van der Waals surface area contributed by atoms with E-state index in [2.05, 4.69) is 55.2 Å². The number of hydrogen-bond acceptors (Lipinski definition) is 8. The minimum absolute atomic E-state index is 0.0252. The average molecular weight is 660 g/mol. The van der Waals surface area contributed by atoms with Gasteiger partial charge in [0.2, 0.25) is 5.13 Å². The number of carbonyl (C=O) groups is 2. The van der Waals surface area contributed by atoms with Crippen LogP contribution in [-0.4, -0.2) is 36.4 Å². The second-order valence-electron chi connectivity index (χ2n) is 12.7. The molecular formula is C37H33N5O3S2. The Hall–Kier alpha value is -4.80. The molecule has 0 radical (unpaired) electrons. The van der Waals surface area contributed by atoms with Gasteiger partial charge in [-0.1, -0.05) is 117 Å². The fourth-order valence-electron chi connectivity index (χ4n) is 6.10. The van der Waals surface area contributed by atoms with Crippen molar-refractivity contribution in [2.75, 3.05) is 4.90 Å². The number of nitrogens with zero attached hydrogens (tertiary/aromatic N) is 5. The Kier molecular flexibility index (Phi) is 7.72. The summed E-state index contributed by atoms with van der Waals surface area (Å²) >= 11 is 2.78. The van der Waals surface area contributed by atoms with Crippen molar-refractivity contribution in [1.82, 2.24) is 19.6 Å². The van der Waals surface area contributed by atoms with Crippen LogP contribution in [0, 0.1) is 13.8 Å². The van der Waals surface area contributed by atoms with Gasteiger partial charge in [0.05, 0.1) is 17.3 Å². The molecule has 8 nitrogen and oxygen atoms in total. The Balaban J connectivity index is 1.30. The molecular weight excluding hydrogens is 627 g/mol. The second-order valence-corrected chi connectivity index (χ2v) is 14.9. The van der Waals surface area contributed by atoms with Gasteiger partial charge in [-0.05, 0) is 58.4 Å². The lowest BCUT2D eigenvalue weighted by molar-refractivity contribution is -0.132. The van der Waals surface area contributed by atoms with E-state index < -0.39 is 17.7 Å². The molecule has 0 aliphatic carbocycles. The van der Waals surface area contributed by atoms with Gasteiger partial charge in [-0.3, -0.25) is 14.5 Å². The number of aryl methyl sites for hydroxylation is 2. The van der Waals surface area contributed by atoms with Gasteiger partial charge in [0, 0.05) is 11.9 Å². The maximum Gasteiger partial charge on any atom is 0.301 e. The van der Waals surface area contributed by atoms with E-state index in [1.807, 2.05) is 79.0 Å². The number of rotatable bonds is 6. The van der Waals surface area contributed by atoms with Crippen LogP contribution in [-0.2, 0) is 20.8 Å². The van der Waals surface area contributed by atoms with Crippen molar-refractivity contribution < 1.29 is 14.7 Å². The van der Waals surface area contributed by atoms with E-state index >= 15 is 0 Å². The van der Waals surface area contributed by atoms with Crippen molar-refractivity contribution in [2.45, 2.75) is 56.2 Å². The summed E-state index contributed by atoms with van der Waals surface area (Å²) in [6, 6.07) is 25.2. The average Bonchev–Trinajstić information content (AvgIpc) is 3.74. The third-order valence-electron chi connectivity index (χ3n) is 8.68. The lowest BCUT2D eigenvalue weighted by Crippen LogP contribution is -2.29. The summed E-state index contributed by atoms with van der Waals surface area (Å²) < 4.78 is 2.54. The predicted octanol–water partition coefficient (Wildman–Crippen LogP) is 8.17. The number of imidazole rings is 1. The van der Waals surface area contributed by atoms with Gasteiger partial charge in [-0.2, -0.15) is 0 Å². The first-order chi connectivity index (χ1) is 22.5. The van der Waals surface area contributed by atoms with E-state index in [4.69, 9.17) is 4.98 Å². The number of aliphatic hydroxyl groups is 1. The summed E-state index contributed by atoms with van der Waals surface area (Å²) in [5.41, 5.74) is 5.35. The molecule has 1 amide bonds. The lowest BCUT2D eigenvalue weighted by Gasteiger charge is -2.24. The Morgan fingerprint density at radius 2 is 1.68 bits per heavy atom. The minimum atomic E-state index is -0.918. The van der Waals surface area contributed by atoms with Crippen molar-refractivity contribution in [2.24, 2.45) is 0 Å². The molecule has 1 saturated heterocycles. The number of Topliss-reactive ketones (excluding diaryl/α,β-unsaturated/α-hetero) is 1. The summed E-state index contributed by atoms with van der Waals surface area (Å²) in [7, 11) is 0. The SMILES string of the molecule is Cc1cccn2c(C)c(/C(O)=C3\C(=O)C(=O)N(c4nnc(SCc5cccc6ccccc56)s4)C3c3ccc(C(C)(C)C)cc3)nc12. The summed E-state index contributed by atoms with van der Waals surface area (Å²) in [6.45, 7) is 10.2. The van der Waals surface area contributed by atoms with E-state index in [0.29, 0.717) is 32.1 Å². The third kappa shape index (κ3) is 5.41. The first-order valence-electron chi connectivity index (χ1n) is 15.3. The number of amides is 1. The predicted molar refractivity (Wildman–Crippen MR) is 188 cm³/mol. The zero-order valence-corrected chi connectivity index (χ0v) is 28.3. The van der Waals surface area contributed by atoms with Gasteiger partial charge in [-0.25, -0.2) is 4.98 Å². The van der Waals surface area contributed by atoms with Gasteiger partial charge in [0.25, 0.3) is 5.78 Å². The Morgan fingerprint density at radius 3 is 2.43 bits per heavy atom. The number of carbonyl (C=O) groups excluding carboxylic acids is 2. The van der Waals surface area contributed by atoms with Crippen molar-refractivity contribution in [1.29, 1.82) is 0 Å². The number of aliphatic hydroxyl groups excluding tert-OH is 1. The molecule has 236 valence electrons. The molecule has 7 rings (SSSR count). The Bertz CT molecular complexity index is 2220. The summed E-state index contributed by atoms with van der Waals surface area (Å²) in [6.07, 6.45) is 1.86. The number of fused-ring (bicyclic) bond motifs is 2. The first kappa shape index (κ1) is 30.8. The smallest absolute Gasteiger partial charge is 0.301 e. The van der Waals surface area contributed by atoms with Crippen LogP contribution >= 0.6 is 23.1 Å². The number of ketones is 1. The molecule has 1 atom stereocenters. The molecule has 3 aromatic heterocycles. The second kappa shape index (κ2) is 11.8. The van der Waals surface area contributed by atoms with Crippen LogP contribution in [0.4, 0.5) is 5.13 Å². The van der Waals surface area contributed by atoms with Crippen molar-refractivity contribution in [3.8, 4) is 0 Å². The maximum atomic E-state index is 13.9. The quantitative estimate of drug-likeness (QED) is 0.0633. The van der Waals surface area contributed by atoms with Crippen LogP contribution in [0.3, 0.4) is 0 Å². The minimum Gasteiger partial charge on any atom is -0.505 e. The van der Waals surface area contributed by atoms with Gasteiger partial charge in [-0.15, -0.1) is 10.2 Å². The molecule has 1 unspecified atom stereocenters. The summed E-state index contributed by atoms with van der Waals surface area (Å²) in [5, 5.41) is 23.3. The van der Waals surface area contributed by atoms with Crippen LogP contribution in [0.25, 0.3) is 22.2 Å². The van der Waals surface area contributed by atoms with E-state index in [1.165, 1.54) is 44.3 Å². The number of aromatic nitrogens is 4. The van der Waals surface area contributed by atoms with Crippen LogP contribution in [0.15, 0.2) is 95.0 Å². The Morgan fingerprint density at radius 1 is 0.936 bits per heavy atom. The zero-order chi connectivity index (χ0) is 33.0. The zero-order valence-electron chi connectivity index (χ0n) is 26.7. The van der Waals surface area contributed by atoms with Crippen molar-refractivity contribution >= 4 is 62.1 Å². The molecule has 3 aromatic carbocycles. The normalized spacial score (nSPS) is 16.5. The largest absolute Gasteiger partial charge is 0.505 e. The van der Waals surface area contributed by atoms with Gasteiger partial charge in [0.1, 0.15) is 11.3 Å². The van der Waals surface area contributed by atoms with Gasteiger partial charge >= 0.3 is 5.91 Å². The topological polar surface area (TPSA) is 101 Å². The molecule has 0 bridgehead atoms. The highest BCUT2D eigenvalue weighted by molar-refractivity contribution is 8.00. The molecule has 1 N–H and O–H groups in total. The molecule has 1 aliphatic heterocycles.